The van der Waals surface area contributed by atoms with Gasteiger partial charge in [0.2, 0.25) is 5.95 Å². The summed E-state index contributed by atoms with van der Waals surface area (Å²) in [4.78, 5) is 7.35. The number of hydrogen-bond donors (Lipinski definition) is 3. The Morgan fingerprint density at radius 1 is 1.60 bits per heavy atom. The Labute approximate surface area is 92.8 Å². The standard InChI is InChI=1S/C7H9BrF2N4O/c8-4-1-12-6(11)14-5(4)13-2-7(9,10)3-15/h1,15H,2-3H2,(H3,11,12,13,14). The topological polar surface area (TPSA) is 84.1 Å². The van der Waals surface area contributed by atoms with Gasteiger partial charge in [-0.15, -0.1) is 0 Å². The van der Waals surface area contributed by atoms with E-state index in [4.69, 9.17) is 10.8 Å². The van der Waals surface area contributed by atoms with Gasteiger partial charge in [-0.3, -0.25) is 0 Å². The Morgan fingerprint density at radius 3 is 2.87 bits per heavy atom. The van der Waals surface area contributed by atoms with E-state index in [9.17, 15) is 8.78 Å². The van der Waals surface area contributed by atoms with Gasteiger partial charge in [0, 0.05) is 6.20 Å². The van der Waals surface area contributed by atoms with Gasteiger partial charge in [-0.25, -0.2) is 13.8 Å². The molecule has 0 aliphatic carbocycles. The van der Waals surface area contributed by atoms with Crippen molar-refractivity contribution in [3.63, 3.8) is 0 Å². The first-order valence-corrected chi connectivity index (χ1v) is 4.74. The number of halogens is 3. The van der Waals surface area contributed by atoms with E-state index in [0.29, 0.717) is 4.47 Å². The summed E-state index contributed by atoms with van der Waals surface area (Å²) in [6, 6.07) is 0. The molecule has 0 aliphatic rings. The van der Waals surface area contributed by atoms with E-state index in [1.54, 1.807) is 0 Å². The highest BCUT2D eigenvalue weighted by molar-refractivity contribution is 9.10. The number of nitrogens with two attached hydrogens (primary N) is 1. The predicted molar refractivity (Wildman–Crippen MR) is 54.7 cm³/mol. The first-order valence-electron chi connectivity index (χ1n) is 3.95. The van der Waals surface area contributed by atoms with Gasteiger partial charge in [0.1, 0.15) is 12.4 Å². The fraction of sp³-hybridized carbons (Fsp3) is 0.429. The molecule has 1 rings (SSSR count). The van der Waals surface area contributed by atoms with E-state index in [2.05, 4.69) is 31.2 Å². The molecule has 0 radical (unpaired) electrons. The Bertz CT molecular complexity index is 350. The third-order valence-corrected chi connectivity index (χ3v) is 2.09. The highest BCUT2D eigenvalue weighted by atomic mass is 79.9. The van der Waals surface area contributed by atoms with Crippen molar-refractivity contribution in [2.75, 3.05) is 24.2 Å². The predicted octanol–water partition coefficient (Wildman–Crippen LogP) is 0.861. The molecule has 84 valence electrons. The van der Waals surface area contributed by atoms with E-state index in [-0.39, 0.29) is 11.8 Å². The zero-order valence-electron chi connectivity index (χ0n) is 7.54. The fourth-order valence-corrected chi connectivity index (χ4v) is 1.10. The normalized spacial score (nSPS) is 11.5. The molecule has 0 saturated heterocycles. The van der Waals surface area contributed by atoms with Crippen LogP contribution in [0, 0.1) is 0 Å². The molecule has 1 aromatic heterocycles. The number of nitrogen functional groups attached to an aromatic ring is 1. The van der Waals surface area contributed by atoms with E-state index < -0.39 is 19.1 Å². The van der Waals surface area contributed by atoms with Gasteiger partial charge < -0.3 is 16.2 Å². The molecule has 0 unspecified atom stereocenters. The van der Waals surface area contributed by atoms with Crippen LogP contribution in [0.25, 0.3) is 0 Å². The first kappa shape index (κ1) is 12.1. The minimum atomic E-state index is -3.20. The highest BCUT2D eigenvalue weighted by Crippen LogP contribution is 2.21. The Balaban J connectivity index is 2.69. The van der Waals surface area contributed by atoms with Crippen LogP contribution < -0.4 is 11.1 Å². The molecule has 4 N–H and O–H groups in total. The van der Waals surface area contributed by atoms with E-state index in [1.165, 1.54) is 6.20 Å². The van der Waals surface area contributed by atoms with E-state index in [0.717, 1.165) is 0 Å². The maximum atomic E-state index is 12.7. The summed E-state index contributed by atoms with van der Waals surface area (Å²) in [6.45, 7) is -1.95. The van der Waals surface area contributed by atoms with Crippen molar-refractivity contribution < 1.29 is 13.9 Å². The third kappa shape index (κ3) is 3.56. The van der Waals surface area contributed by atoms with Gasteiger partial charge in [-0.05, 0) is 15.9 Å². The summed E-state index contributed by atoms with van der Waals surface area (Å²) in [5.74, 6) is -3.05. The van der Waals surface area contributed by atoms with Crippen LogP contribution in [0.5, 0.6) is 0 Å². The van der Waals surface area contributed by atoms with E-state index in [1.807, 2.05) is 0 Å². The zero-order chi connectivity index (χ0) is 11.5. The zero-order valence-corrected chi connectivity index (χ0v) is 9.13. The van der Waals surface area contributed by atoms with Crippen molar-refractivity contribution in [1.29, 1.82) is 0 Å². The van der Waals surface area contributed by atoms with Crippen LogP contribution in [0.15, 0.2) is 10.7 Å². The number of nitrogens with one attached hydrogen (secondary N) is 1. The summed E-state index contributed by atoms with van der Waals surface area (Å²) in [5, 5.41) is 10.7. The molecule has 0 atom stereocenters. The van der Waals surface area contributed by atoms with Crippen molar-refractivity contribution in [1.82, 2.24) is 9.97 Å². The van der Waals surface area contributed by atoms with Gasteiger partial charge in [0.15, 0.2) is 0 Å². The summed E-state index contributed by atoms with van der Waals surface area (Å²) >= 11 is 3.07. The van der Waals surface area contributed by atoms with E-state index >= 15 is 0 Å². The molecule has 0 bridgehead atoms. The van der Waals surface area contributed by atoms with Gasteiger partial charge in [0.25, 0.3) is 5.92 Å². The number of anilines is 2. The summed E-state index contributed by atoms with van der Waals surface area (Å²) in [5.41, 5.74) is 5.28. The molecule has 0 aromatic carbocycles. The lowest BCUT2D eigenvalue weighted by Gasteiger charge is -2.14. The summed E-state index contributed by atoms with van der Waals surface area (Å²) in [6.07, 6.45) is 1.35. The number of aromatic nitrogens is 2. The number of aliphatic hydroxyl groups is 1. The van der Waals surface area contributed by atoms with Crippen LogP contribution in [0.1, 0.15) is 0 Å². The number of hydrogen-bond acceptors (Lipinski definition) is 5. The second kappa shape index (κ2) is 4.67. The van der Waals surface area contributed by atoms with Crippen molar-refractivity contribution in [3.05, 3.63) is 10.7 Å². The lowest BCUT2D eigenvalue weighted by molar-refractivity contribution is -0.0373. The number of alkyl halides is 2. The lowest BCUT2D eigenvalue weighted by atomic mass is 10.3. The molecule has 0 amide bonds. The average Bonchev–Trinajstić information content (AvgIpc) is 2.20. The monoisotopic (exact) mass is 282 g/mol. The SMILES string of the molecule is Nc1ncc(Br)c(NCC(F)(F)CO)n1. The Kier molecular flexibility index (Phi) is 3.75. The molecule has 15 heavy (non-hydrogen) atoms. The average molecular weight is 283 g/mol. The molecule has 0 spiro atoms. The maximum absolute atomic E-state index is 12.7. The minimum absolute atomic E-state index is 0.0204. The third-order valence-electron chi connectivity index (χ3n) is 1.51. The van der Waals surface area contributed by atoms with Crippen molar-refractivity contribution in [2.24, 2.45) is 0 Å². The molecular weight excluding hydrogens is 274 g/mol. The number of rotatable bonds is 4. The smallest absolute Gasteiger partial charge is 0.287 e. The van der Waals surface area contributed by atoms with Crippen LogP contribution >= 0.6 is 15.9 Å². The van der Waals surface area contributed by atoms with Crippen molar-refractivity contribution in [2.45, 2.75) is 5.92 Å². The quantitative estimate of drug-likeness (QED) is 0.763. The van der Waals surface area contributed by atoms with Crippen molar-refractivity contribution in [3.8, 4) is 0 Å². The molecule has 0 fully saturated rings. The van der Waals surface area contributed by atoms with Crippen molar-refractivity contribution >= 4 is 27.7 Å². The number of aliphatic hydroxyl groups excluding tert-OH is 1. The number of nitrogens with zero attached hydrogens (tertiary/aromatic N) is 2. The van der Waals surface area contributed by atoms with Gasteiger partial charge >= 0.3 is 0 Å². The first-order chi connectivity index (χ1) is 6.94. The maximum Gasteiger partial charge on any atom is 0.287 e. The second-order valence-corrected chi connectivity index (χ2v) is 3.65. The molecule has 1 aromatic rings. The lowest BCUT2D eigenvalue weighted by Crippen LogP contribution is -2.31. The molecule has 0 saturated carbocycles. The largest absolute Gasteiger partial charge is 0.390 e. The fourth-order valence-electron chi connectivity index (χ4n) is 0.774. The highest BCUT2D eigenvalue weighted by Gasteiger charge is 2.27. The van der Waals surface area contributed by atoms with Crippen LogP contribution in [0.4, 0.5) is 20.5 Å². The van der Waals surface area contributed by atoms with Crippen LogP contribution in [0.3, 0.4) is 0 Å². The van der Waals surface area contributed by atoms with Gasteiger partial charge in [-0.1, -0.05) is 0 Å². The van der Waals surface area contributed by atoms with Gasteiger partial charge in [0.05, 0.1) is 11.0 Å². The van der Waals surface area contributed by atoms with Crippen LogP contribution in [-0.2, 0) is 0 Å². The van der Waals surface area contributed by atoms with Crippen LogP contribution in [-0.4, -0.2) is 34.1 Å². The molecule has 0 aliphatic heterocycles. The molecule has 1 heterocycles. The minimum Gasteiger partial charge on any atom is -0.390 e. The Hall–Kier alpha value is -1.02. The summed E-state index contributed by atoms with van der Waals surface area (Å²) in [7, 11) is 0. The molecule has 5 nitrogen and oxygen atoms in total. The second-order valence-electron chi connectivity index (χ2n) is 2.79. The van der Waals surface area contributed by atoms with Crippen LogP contribution in [0.2, 0.25) is 0 Å². The van der Waals surface area contributed by atoms with Gasteiger partial charge in [-0.2, -0.15) is 4.98 Å². The Morgan fingerprint density at radius 2 is 2.27 bits per heavy atom. The molecule has 8 heteroatoms. The molecular formula is C7H9BrF2N4O. The summed E-state index contributed by atoms with van der Waals surface area (Å²) < 4.78 is 25.8.